The molecule has 1 aliphatic rings. The molecule has 0 aromatic heterocycles. The van der Waals surface area contributed by atoms with Crippen LogP contribution < -0.4 is 10.2 Å². The van der Waals surface area contributed by atoms with E-state index < -0.39 is 0 Å². The standard InChI is InChI=1S/C15H24N2O/c1-12(2)16-11-13-3-5-14(6-4-13)17-9-7-15(18)8-10-17/h3-6,12,15-16,18H,7-11H2,1-2H3. The maximum absolute atomic E-state index is 9.50. The number of hydrogen-bond acceptors (Lipinski definition) is 3. The van der Waals surface area contributed by atoms with Gasteiger partial charge in [0, 0.05) is 31.4 Å². The average molecular weight is 248 g/mol. The molecule has 0 unspecified atom stereocenters. The van der Waals surface area contributed by atoms with E-state index in [0.717, 1.165) is 32.5 Å². The molecular weight excluding hydrogens is 224 g/mol. The van der Waals surface area contributed by atoms with Crippen LogP contribution in [0.1, 0.15) is 32.3 Å². The normalized spacial score (nSPS) is 17.4. The first kappa shape index (κ1) is 13.4. The fourth-order valence-corrected chi connectivity index (χ4v) is 2.27. The molecule has 0 bridgehead atoms. The molecule has 3 heteroatoms. The number of anilines is 1. The van der Waals surface area contributed by atoms with Gasteiger partial charge in [-0.2, -0.15) is 0 Å². The van der Waals surface area contributed by atoms with Crippen molar-refractivity contribution in [3.63, 3.8) is 0 Å². The van der Waals surface area contributed by atoms with Gasteiger partial charge in [0.1, 0.15) is 0 Å². The van der Waals surface area contributed by atoms with E-state index in [1.165, 1.54) is 11.3 Å². The number of piperidine rings is 1. The molecule has 0 radical (unpaired) electrons. The van der Waals surface area contributed by atoms with Crippen molar-refractivity contribution >= 4 is 5.69 Å². The van der Waals surface area contributed by atoms with Crippen molar-refractivity contribution in [2.45, 2.75) is 45.4 Å². The fourth-order valence-electron chi connectivity index (χ4n) is 2.27. The van der Waals surface area contributed by atoms with Gasteiger partial charge in [-0.1, -0.05) is 26.0 Å². The van der Waals surface area contributed by atoms with Crippen molar-refractivity contribution in [3.05, 3.63) is 29.8 Å². The van der Waals surface area contributed by atoms with Crippen LogP contribution in [0.25, 0.3) is 0 Å². The summed E-state index contributed by atoms with van der Waals surface area (Å²) in [6.45, 7) is 7.17. The third kappa shape index (κ3) is 3.72. The Bertz CT molecular complexity index is 353. The van der Waals surface area contributed by atoms with E-state index in [4.69, 9.17) is 0 Å². The van der Waals surface area contributed by atoms with Gasteiger partial charge >= 0.3 is 0 Å². The summed E-state index contributed by atoms with van der Waals surface area (Å²) >= 11 is 0. The largest absolute Gasteiger partial charge is 0.393 e. The molecule has 0 aliphatic carbocycles. The maximum Gasteiger partial charge on any atom is 0.0574 e. The van der Waals surface area contributed by atoms with Gasteiger partial charge in [0.25, 0.3) is 0 Å². The number of aliphatic hydroxyl groups is 1. The molecule has 0 saturated carbocycles. The SMILES string of the molecule is CC(C)NCc1ccc(N2CCC(O)CC2)cc1. The van der Waals surface area contributed by atoms with Crippen LogP contribution in [0.5, 0.6) is 0 Å². The van der Waals surface area contributed by atoms with Crippen LogP contribution in [0.3, 0.4) is 0 Å². The van der Waals surface area contributed by atoms with E-state index in [2.05, 4.69) is 48.3 Å². The number of aliphatic hydroxyl groups excluding tert-OH is 1. The summed E-state index contributed by atoms with van der Waals surface area (Å²) in [5, 5.41) is 12.9. The average Bonchev–Trinajstić information content (AvgIpc) is 2.38. The summed E-state index contributed by atoms with van der Waals surface area (Å²) in [6, 6.07) is 9.28. The second kappa shape index (κ2) is 6.21. The van der Waals surface area contributed by atoms with E-state index in [0.29, 0.717) is 6.04 Å². The van der Waals surface area contributed by atoms with Gasteiger partial charge < -0.3 is 15.3 Å². The van der Waals surface area contributed by atoms with Gasteiger partial charge in [0.15, 0.2) is 0 Å². The third-order valence-corrected chi connectivity index (χ3v) is 3.48. The minimum absolute atomic E-state index is 0.101. The first-order chi connectivity index (χ1) is 8.65. The molecule has 1 saturated heterocycles. The number of benzene rings is 1. The second-order valence-electron chi connectivity index (χ2n) is 5.42. The molecule has 1 fully saturated rings. The van der Waals surface area contributed by atoms with Gasteiger partial charge in [0.05, 0.1) is 6.10 Å². The predicted octanol–water partition coefficient (Wildman–Crippen LogP) is 2.15. The second-order valence-corrected chi connectivity index (χ2v) is 5.42. The predicted molar refractivity (Wildman–Crippen MR) is 75.9 cm³/mol. The Morgan fingerprint density at radius 3 is 2.39 bits per heavy atom. The van der Waals surface area contributed by atoms with Crippen LogP contribution in [0.2, 0.25) is 0 Å². The van der Waals surface area contributed by atoms with E-state index in [1.54, 1.807) is 0 Å². The Balaban J connectivity index is 1.91. The molecule has 0 amide bonds. The van der Waals surface area contributed by atoms with Crippen molar-refractivity contribution in [2.24, 2.45) is 0 Å². The molecule has 0 atom stereocenters. The Morgan fingerprint density at radius 1 is 1.22 bits per heavy atom. The zero-order valence-electron chi connectivity index (χ0n) is 11.4. The number of rotatable bonds is 4. The van der Waals surface area contributed by atoms with Gasteiger partial charge in [-0.3, -0.25) is 0 Å². The Kier molecular flexibility index (Phi) is 4.61. The minimum atomic E-state index is -0.101. The van der Waals surface area contributed by atoms with E-state index in [9.17, 15) is 5.11 Å². The quantitative estimate of drug-likeness (QED) is 0.857. The van der Waals surface area contributed by atoms with Crippen LogP contribution in [0.4, 0.5) is 5.69 Å². The highest BCUT2D eigenvalue weighted by atomic mass is 16.3. The molecule has 1 aliphatic heterocycles. The van der Waals surface area contributed by atoms with E-state index >= 15 is 0 Å². The summed E-state index contributed by atoms with van der Waals surface area (Å²) in [4.78, 5) is 2.35. The lowest BCUT2D eigenvalue weighted by atomic mass is 10.1. The van der Waals surface area contributed by atoms with Crippen molar-refractivity contribution in [3.8, 4) is 0 Å². The lowest BCUT2D eigenvalue weighted by molar-refractivity contribution is 0.145. The topological polar surface area (TPSA) is 35.5 Å². The van der Waals surface area contributed by atoms with Gasteiger partial charge in [-0.05, 0) is 30.5 Å². The van der Waals surface area contributed by atoms with Crippen LogP contribution in [-0.4, -0.2) is 30.3 Å². The summed E-state index contributed by atoms with van der Waals surface area (Å²) in [7, 11) is 0. The van der Waals surface area contributed by atoms with Gasteiger partial charge in [-0.25, -0.2) is 0 Å². The Morgan fingerprint density at radius 2 is 1.83 bits per heavy atom. The zero-order valence-corrected chi connectivity index (χ0v) is 11.4. The first-order valence-corrected chi connectivity index (χ1v) is 6.90. The van der Waals surface area contributed by atoms with E-state index in [-0.39, 0.29) is 6.10 Å². The Labute approximate surface area is 110 Å². The molecular formula is C15H24N2O. The fraction of sp³-hybridized carbons (Fsp3) is 0.600. The van der Waals surface area contributed by atoms with Gasteiger partial charge in [0.2, 0.25) is 0 Å². The minimum Gasteiger partial charge on any atom is -0.393 e. The van der Waals surface area contributed by atoms with Crippen LogP contribution >= 0.6 is 0 Å². The van der Waals surface area contributed by atoms with Crippen molar-refractivity contribution < 1.29 is 5.11 Å². The molecule has 0 spiro atoms. The third-order valence-electron chi connectivity index (χ3n) is 3.48. The molecule has 1 aromatic carbocycles. The summed E-state index contributed by atoms with van der Waals surface area (Å²) in [5.74, 6) is 0. The lowest BCUT2D eigenvalue weighted by Crippen LogP contribution is -2.35. The van der Waals surface area contributed by atoms with Crippen molar-refractivity contribution in [1.29, 1.82) is 0 Å². The lowest BCUT2D eigenvalue weighted by Gasteiger charge is -2.31. The number of hydrogen-bond donors (Lipinski definition) is 2. The monoisotopic (exact) mass is 248 g/mol. The highest BCUT2D eigenvalue weighted by Gasteiger charge is 2.16. The van der Waals surface area contributed by atoms with Crippen LogP contribution in [0.15, 0.2) is 24.3 Å². The molecule has 1 heterocycles. The maximum atomic E-state index is 9.50. The van der Waals surface area contributed by atoms with Crippen molar-refractivity contribution in [1.82, 2.24) is 5.32 Å². The summed E-state index contributed by atoms with van der Waals surface area (Å²) in [6.07, 6.45) is 1.67. The Hall–Kier alpha value is -1.06. The smallest absolute Gasteiger partial charge is 0.0574 e. The highest BCUT2D eigenvalue weighted by molar-refractivity contribution is 5.48. The molecule has 2 N–H and O–H groups in total. The molecule has 100 valence electrons. The molecule has 2 rings (SSSR count). The van der Waals surface area contributed by atoms with Gasteiger partial charge in [-0.15, -0.1) is 0 Å². The van der Waals surface area contributed by atoms with Crippen LogP contribution in [0, 0.1) is 0 Å². The molecule has 3 nitrogen and oxygen atoms in total. The molecule has 18 heavy (non-hydrogen) atoms. The summed E-state index contributed by atoms with van der Waals surface area (Å²) in [5.41, 5.74) is 2.60. The summed E-state index contributed by atoms with van der Waals surface area (Å²) < 4.78 is 0. The first-order valence-electron chi connectivity index (χ1n) is 6.90. The van der Waals surface area contributed by atoms with Crippen molar-refractivity contribution in [2.75, 3.05) is 18.0 Å². The number of nitrogens with one attached hydrogen (secondary N) is 1. The van der Waals surface area contributed by atoms with Crippen LogP contribution in [-0.2, 0) is 6.54 Å². The number of nitrogens with zero attached hydrogens (tertiary/aromatic N) is 1. The molecule has 1 aromatic rings. The van der Waals surface area contributed by atoms with E-state index in [1.807, 2.05) is 0 Å². The zero-order chi connectivity index (χ0) is 13.0. The highest BCUT2D eigenvalue weighted by Crippen LogP contribution is 2.20.